The van der Waals surface area contributed by atoms with Gasteiger partial charge in [-0.15, -0.1) is 0 Å². The number of carbonyl (C=O) groups is 1. The zero-order valence-electron chi connectivity index (χ0n) is 13.9. The third-order valence-electron chi connectivity index (χ3n) is 4.05. The summed E-state index contributed by atoms with van der Waals surface area (Å²) < 4.78 is 5.32. The average molecular weight is 284 g/mol. The largest absolute Gasteiger partial charge is 0.384 e. The van der Waals surface area contributed by atoms with Crippen LogP contribution >= 0.6 is 0 Å². The topological polar surface area (TPSA) is 55.6 Å². The molecule has 1 aliphatic rings. The van der Waals surface area contributed by atoms with E-state index < -0.39 is 0 Å². The molecular formula is C16H32N2O2. The number of methoxy groups -OCH3 is 1. The number of amides is 1. The van der Waals surface area contributed by atoms with E-state index in [2.05, 4.69) is 32.6 Å². The van der Waals surface area contributed by atoms with Gasteiger partial charge >= 0.3 is 0 Å². The molecule has 0 radical (unpaired) electrons. The van der Waals surface area contributed by atoms with Gasteiger partial charge in [0, 0.05) is 20.2 Å². The number of primary amides is 1. The van der Waals surface area contributed by atoms with Gasteiger partial charge in [-0.2, -0.15) is 0 Å². The van der Waals surface area contributed by atoms with Gasteiger partial charge in [0.2, 0.25) is 5.91 Å². The highest BCUT2D eigenvalue weighted by Gasteiger charge is 2.32. The van der Waals surface area contributed by atoms with Crippen molar-refractivity contribution in [2.45, 2.75) is 47.0 Å². The third-order valence-corrected chi connectivity index (χ3v) is 4.05. The van der Waals surface area contributed by atoms with Crippen LogP contribution in [0.25, 0.3) is 0 Å². The van der Waals surface area contributed by atoms with Gasteiger partial charge in [-0.3, -0.25) is 4.79 Å². The summed E-state index contributed by atoms with van der Waals surface area (Å²) in [5.41, 5.74) is 5.84. The molecule has 2 N–H and O–H groups in total. The molecule has 0 aromatic heterocycles. The Morgan fingerprint density at radius 1 is 1.30 bits per heavy atom. The number of rotatable bonds is 7. The van der Waals surface area contributed by atoms with E-state index in [1.807, 2.05) is 0 Å². The lowest BCUT2D eigenvalue weighted by Gasteiger charge is -2.40. The van der Waals surface area contributed by atoms with Crippen molar-refractivity contribution in [2.75, 3.05) is 33.4 Å². The van der Waals surface area contributed by atoms with E-state index >= 15 is 0 Å². The Hall–Kier alpha value is -0.610. The lowest BCUT2D eigenvalue weighted by molar-refractivity contribution is -0.123. The highest BCUT2D eigenvalue weighted by Crippen LogP contribution is 2.35. The van der Waals surface area contributed by atoms with E-state index in [4.69, 9.17) is 10.5 Å². The van der Waals surface area contributed by atoms with Crippen molar-refractivity contribution in [1.82, 2.24) is 4.90 Å². The van der Waals surface area contributed by atoms with Crippen LogP contribution in [0, 0.1) is 16.7 Å². The predicted octanol–water partition coefficient (Wildman–Crippen LogP) is 2.27. The van der Waals surface area contributed by atoms with Crippen molar-refractivity contribution < 1.29 is 9.53 Å². The second-order valence-corrected chi connectivity index (χ2v) is 7.91. The van der Waals surface area contributed by atoms with Crippen LogP contribution in [0.4, 0.5) is 0 Å². The molecule has 1 atom stereocenters. The molecule has 118 valence electrons. The summed E-state index contributed by atoms with van der Waals surface area (Å²) in [5, 5.41) is 0. The van der Waals surface area contributed by atoms with Crippen molar-refractivity contribution in [3.63, 3.8) is 0 Å². The van der Waals surface area contributed by atoms with Crippen molar-refractivity contribution in [1.29, 1.82) is 0 Å². The van der Waals surface area contributed by atoms with E-state index in [1.54, 1.807) is 7.11 Å². The standard InChI is InChI=1S/C16H32N2O2/c1-15(2,10-16(3,4)12-20-5)11-18-8-6-7-13(9-18)14(17)19/h13H,6-12H2,1-5H3,(H2,17,19). The van der Waals surface area contributed by atoms with Gasteiger partial charge in [-0.25, -0.2) is 0 Å². The summed E-state index contributed by atoms with van der Waals surface area (Å²) in [6.07, 6.45) is 3.12. The van der Waals surface area contributed by atoms with Gasteiger partial charge in [0.1, 0.15) is 0 Å². The smallest absolute Gasteiger partial charge is 0.221 e. The highest BCUT2D eigenvalue weighted by molar-refractivity contribution is 5.76. The molecule has 0 aromatic rings. The lowest BCUT2D eigenvalue weighted by Crippen LogP contribution is -2.45. The van der Waals surface area contributed by atoms with Gasteiger partial charge < -0.3 is 15.4 Å². The molecule has 1 unspecified atom stereocenters. The molecule has 1 heterocycles. The third kappa shape index (κ3) is 5.80. The van der Waals surface area contributed by atoms with E-state index in [0.29, 0.717) is 0 Å². The van der Waals surface area contributed by atoms with Crippen LogP contribution in [0.3, 0.4) is 0 Å². The molecule has 0 spiro atoms. The van der Waals surface area contributed by atoms with Gasteiger partial charge in [0.05, 0.1) is 12.5 Å². The van der Waals surface area contributed by atoms with Gasteiger partial charge in [0.15, 0.2) is 0 Å². The van der Waals surface area contributed by atoms with Crippen LogP contribution in [0.5, 0.6) is 0 Å². The van der Waals surface area contributed by atoms with Crippen LogP contribution in [0.1, 0.15) is 47.0 Å². The fourth-order valence-electron chi connectivity index (χ4n) is 3.83. The summed E-state index contributed by atoms with van der Waals surface area (Å²) in [4.78, 5) is 13.8. The summed E-state index contributed by atoms with van der Waals surface area (Å²) >= 11 is 0. The van der Waals surface area contributed by atoms with E-state index in [1.165, 1.54) is 0 Å². The molecule has 1 amide bonds. The summed E-state index contributed by atoms with van der Waals surface area (Å²) in [6, 6.07) is 0. The molecule has 1 saturated heterocycles. The first kappa shape index (κ1) is 17.4. The maximum atomic E-state index is 11.4. The fourth-order valence-corrected chi connectivity index (χ4v) is 3.83. The molecular weight excluding hydrogens is 252 g/mol. The Bertz CT molecular complexity index is 326. The normalized spacial score (nSPS) is 21.9. The molecule has 4 nitrogen and oxygen atoms in total. The number of nitrogens with two attached hydrogens (primary N) is 1. The van der Waals surface area contributed by atoms with Crippen molar-refractivity contribution in [3.8, 4) is 0 Å². The van der Waals surface area contributed by atoms with E-state index in [-0.39, 0.29) is 22.7 Å². The van der Waals surface area contributed by atoms with Crippen LogP contribution in [-0.4, -0.2) is 44.2 Å². The average Bonchev–Trinajstić information content (AvgIpc) is 2.26. The zero-order valence-corrected chi connectivity index (χ0v) is 13.9. The summed E-state index contributed by atoms with van der Waals surface area (Å²) in [6.45, 7) is 12.8. The number of ether oxygens (including phenoxy) is 1. The molecule has 0 aliphatic carbocycles. The Morgan fingerprint density at radius 3 is 2.50 bits per heavy atom. The number of hydrogen-bond donors (Lipinski definition) is 1. The maximum absolute atomic E-state index is 11.4. The van der Waals surface area contributed by atoms with E-state index in [0.717, 1.165) is 45.5 Å². The minimum absolute atomic E-state index is 0.0338. The molecule has 1 fully saturated rings. The Labute approximate surface area is 124 Å². The molecule has 0 saturated carbocycles. The first-order valence-electron chi connectivity index (χ1n) is 7.66. The summed E-state index contributed by atoms with van der Waals surface area (Å²) in [7, 11) is 1.76. The summed E-state index contributed by atoms with van der Waals surface area (Å²) in [5.74, 6) is -0.112. The van der Waals surface area contributed by atoms with Crippen LogP contribution in [0.15, 0.2) is 0 Å². The number of likely N-dealkylation sites (tertiary alicyclic amines) is 1. The number of hydrogen-bond acceptors (Lipinski definition) is 3. The van der Waals surface area contributed by atoms with Gasteiger partial charge in [-0.1, -0.05) is 27.7 Å². The number of piperidine rings is 1. The molecule has 20 heavy (non-hydrogen) atoms. The van der Waals surface area contributed by atoms with Gasteiger partial charge in [0.25, 0.3) is 0 Å². The second-order valence-electron chi connectivity index (χ2n) is 7.91. The monoisotopic (exact) mass is 284 g/mol. The molecule has 4 heteroatoms. The number of nitrogens with zero attached hydrogens (tertiary/aromatic N) is 1. The quantitative estimate of drug-likeness (QED) is 0.780. The molecule has 1 aliphatic heterocycles. The Balaban J connectivity index is 2.54. The first-order valence-corrected chi connectivity index (χ1v) is 7.66. The highest BCUT2D eigenvalue weighted by atomic mass is 16.5. The van der Waals surface area contributed by atoms with Gasteiger partial charge in [-0.05, 0) is 36.6 Å². The molecule has 0 bridgehead atoms. The lowest BCUT2D eigenvalue weighted by atomic mass is 9.75. The molecule has 0 aromatic carbocycles. The van der Waals surface area contributed by atoms with Crippen molar-refractivity contribution >= 4 is 5.91 Å². The molecule has 1 rings (SSSR count). The number of carbonyl (C=O) groups excluding carboxylic acids is 1. The zero-order chi connectivity index (χ0) is 15.4. The fraction of sp³-hybridized carbons (Fsp3) is 0.938. The minimum atomic E-state index is -0.146. The van der Waals surface area contributed by atoms with E-state index in [9.17, 15) is 4.79 Å². The van der Waals surface area contributed by atoms with Crippen molar-refractivity contribution in [3.05, 3.63) is 0 Å². The predicted molar refractivity (Wildman–Crippen MR) is 82.4 cm³/mol. The minimum Gasteiger partial charge on any atom is -0.384 e. The second kappa shape index (κ2) is 6.90. The first-order chi connectivity index (χ1) is 9.15. The van der Waals surface area contributed by atoms with Crippen LogP contribution < -0.4 is 5.73 Å². The van der Waals surface area contributed by atoms with Crippen LogP contribution in [0.2, 0.25) is 0 Å². The Kier molecular flexibility index (Phi) is 6.02. The Morgan fingerprint density at radius 2 is 1.95 bits per heavy atom. The SMILES string of the molecule is COCC(C)(C)CC(C)(C)CN1CCCC(C(N)=O)C1. The van der Waals surface area contributed by atoms with Crippen molar-refractivity contribution in [2.24, 2.45) is 22.5 Å². The van der Waals surface area contributed by atoms with Crippen LogP contribution in [-0.2, 0) is 9.53 Å². The maximum Gasteiger partial charge on any atom is 0.221 e.